The number of nitrogens with zero attached hydrogens (tertiary/aromatic N) is 2. The molecule has 0 saturated heterocycles. The van der Waals surface area contributed by atoms with Crippen molar-refractivity contribution in [3.05, 3.63) is 18.0 Å². The van der Waals surface area contributed by atoms with Gasteiger partial charge in [-0.1, -0.05) is 5.92 Å². The third-order valence-electron chi connectivity index (χ3n) is 1.66. The minimum absolute atomic E-state index is 0.328. The van der Waals surface area contributed by atoms with Crippen LogP contribution in [-0.4, -0.2) is 27.8 Å². The molecule has 0 unspecified atom stereocenters. The Morgan fingerprint density at radius 2 is 2.29 bits per heavy atom. The molecule has 0 aliphatic rings. The molecular formula is C12H14N2O3. The molecule has 90 valence electrons. The van der Waals surface area contributed by atoms with Crippen LogP contribution in [0.4, 0.5) is 4.79 Å². The van der Waals surface area contributed by atoms with Crippen LogP contribution >= 0.6 is 0 Å². The number of aromatic nitrogens is 2. The number of aldehydes is 1. The maximum atomic E-state index is 11.6. The second kappa shape index (κ2) is 5.30. The number of carbonyl (C=O) groups excluding carboxylic acids is 2. The smallest absolute Gasteiger partial charge is 0.435 e. The van der Waals surface area contributed by atoms with Gasteiger partial charge in [-0.3, -0.25) is 4.79 Å². The molecule has 0 atom stereocenters. The Balaban J connectivity index is 2.67. The summed E-state index contributed by atoms with van der Waals surface area (Å²) in [6.07, 6.45) is 1.82. The van der Waals surface area contributed by atoms with Crippen molar-refractivity contribution >= 4 is 12.4 Å². The summed E-state index contributed by atoms with van der Waals surface area (Å²) < 4.78 is 6.25. The van der Waals surface area contributed by atoms with Crippen LogP contribution in [0.25, 0.3) is 0 Å². The van der Waals surface area contributed by atoms with E-state index in [0.29, 0.717) is 18.4 Å². The molecule has 0 saturated carbocycles. The number of hydrogen-bond donors (Lipinski definition) is 0. The molecular weight excluding hydrogens is 220 g/mol. The summed E-state index contributed by atoms with van der Waals surface area (Å²) in [5, 5.41) is 3.99. The highest BCUT2D eigenvalue weighted by molar-refractivity contribution is 5.72. The van der Waals surface area contributed by atoms with Crippen molar-refractivity contribution in [1.82, 2.24) is 9.78 Å². The van der Waals surface area contributed by atoms with Gasteiger partial charge in [-0.15, -0.1) is 0 Å². The van der Waals surface area contributed by atoms with Crippen LogP contribution < -0.4 is 0 Å². The van der Waals surface area contributed by atoms with Gasteiger partial charge < -0.3 is 4.74 Å². The number of hydrogen-bond acceptors (Lipinski definition) is 4. The van der Waals surface area contributed by atoms with E-state index >= 15 is 0 Å². The minimum atomic E-state index is -0.555. The maximum Gasteiger partial charge on any atom is 0.435 e. The summed E-state index contributed by atoms with van der Waals surface area (Å²) >= 11 is 0. The van der Waals surface area contributed by atoms with Gasteiger partial charge in [0.15, 0.2) is 6.29 Å². The summed E-state index contributed by atoms with van der Waals surface area (Å²) in [4.78, 5) is 21.6. The average Bonchev–Trinajstić information content (AvgIpc) is 2.64. The van der Waals surface area contributed by atoms with Crippen LogP contribution in [0.2, 0.25) is 0 Å². The van der Waals surface area contributed by atoms with E-state index in [1.807, 2.05) is 0 Å². The fraction of sp³-hybridized carbons (Fsp3) is 0.417. The first kappa shape index (κ1) is 13.0. The van der Waals surface area contributed by atoms with Crippen molar-refractivity contribution in [2.75, 3.05) is 0 Å². The molecule has 0 N–H and O–H groups in total. The zero-order valence-electron chi connectivity index (χ0n) is 10.1. The third-order valence-corrected chi connectivity index (χ3v) is 1.66. The molecule has 0 spiro atoms. The first-order valence-corrected chi connectivity index (χ1v) is 5.12. The third kappa shape index (κ3) is 4.51. The van der Waals surface area contributed by atoms with Crippen molar-refractivity contribution in [2.24, 2.45) is 0 Å². The summed E-state index contributed by atoms with van der Waals surface area (Å²) in [5.41, 5.74) is 0.0609. The fourth-order valence-electron chi connectivity index (χ4n) is 1.05. The molecule has 1 heterocycles. The van der Waals surface area contributed by atoms with Crippen molar-refractivity contribution in [3.63, 3.8) is 0 Å². The van der Waals surface area contributed by atoms with Crippen molar-refractivity contribution in [2.45, 2.75) is 32.8 Å². The van der Waals surface area contributed by atoms with Gasteiger partial charge in [-0.05, 0) is 32.8 Å². The lowest BCUT2D eigenvalue weighted by molar-refractivity contribution is -0.103. The van der Waals surface area contributed by atoms with Gasteiger partial charge >= 0.3 is 6.09 Å². The van der Waals surface area contributed by atoms with Crippen LogP contribution in [-0.2, 0) is 16.0 Å². The molecule has 5 heteroatoms. The second-order valence-electron chi connectivity index (χ2n) is 4.35. The van der Waals surface area contributed by atoms with Gasteiger partial charge in [0.2, 0.25) is 0 Å². The number of carbonyl (C=O) groups is 2. The Bertz CT molecular complexity index is 472. The van der Waals surface area contributed by atoms with Gasteiger partial charge in [0.25, 0.3) is 0 Å². The van der Waals surface area contributed by atoms with E-state index < -0.39 is 11.7 Å². The maximum absolute atomic E-state index is 11.6. The molecule has 1 rings (SSSR count). The highest BCUT2D eigenvalue weighted by Crippen LogP contribution is 2.08. The first-order chi connectivity index (χ1) is 7.92. The molecule has 0 bridgehead atoms. The molecule has 0 amide bonds. The normalized spacial score (nSPS) is 10.3. The summed E-state index contributed by atoms with van der Waals surface area (Å²) in [7, 11) is 0. The molecule has 17 heavy (non-hydrogen) atoms. The van der Waals surface area contributed by atoms with Crippen molar-refractivity contribution in [1.29, 1.82) is 0 Å². The largest absolute Gasteiger partial charge is 0.442 e. The van der Waals surface area contributed by atoms with E-state index in [1.165, 1.54) is 6.20 Å². The molecule has 0 aliphatic heterocycles. The zero-order chi connectivity index (χ0) is 12.9. The van der Waals surface area contributed by atoms with Crippen LogP contribution in [0.1, 0.15) is 26.5 Å². The van der Waals surface area contributed by atoms with E-state index in [1.54, 1.807) is 26.8 Å². The monoisotopic (exact) mass is 234 g/mol. The van der Waals surface area contributed by atoms with Gasteiger partial charge in [-0.2, -0.15) is 9.78 Å². The van der Waals surface area contributed by atoms with E-state index in [0.717, 1.165) is 4.68 Å². The zero-order valence-corrected chi connectivity index (χ0v) is 10.1. The Kier molecular flexibility index (Phi) is 4.05. The standard InChI is InChI=1S/C12H14N2O3/c1-12(2,3)17-11(16)14-8-7-10(13-14)6-4-5-9-15/h7-9H,6H2,1-3H3. The Hall–Kier alpha value is -2.09. The quantitative estimate of drug-likeness (QED) is 0.544. The fourth-order valence-corrected chi connectivity index (χ4v) is 1.05. The lowest BCUT2D eigenvalue weighted by Crippen LogP contribution is -2.27. The van der Waals surface area contributed by atoms with Crippen molar-refractivity contribution in [3.8, 4) is 11.8 Å². The molecule has 0 fully saturated rings. The van der Waals surface area contributed by atoms with E-state index in [-0.39, 0.29) is 0 Å². The number of rotatable bonds is 1. The van der Waals surface area contributed by atoms with Gasteiger partial charge in [0.05, 0.1) is 12.1 Å². The molecule has 0 radical (unpaired) electrons. The van der Waals surface area contributed by atoms with Crippen LogP contribution in [0, 0.1) is 11.8 Å². The molecule has 5 nitrogen and oxygen atoms in total. The van der Waals surface area contributed by atoms with E-state index in [2.05, 4.69) is 16.9 Å². The lowest BCUT2D eigenvalue weighted by Gasteiger charge is -2.18. The molecule has 0 aromatic carbocycles. The summed E-state index contributed by atoms with van der Waals surface area (Å²) in [5.74, 6) is 4.88. The van der Waals surface area contributed by atoms with E-state index in [4.69, 9.17) is 4.74 Å². The first-order valence-electron chi connectivity index (χ1n) is 5.12. The SMILES string of the molecule is CC(C)(C)OC(=O)n1ccc(CC#CC=O)n1. The van der Waals surface area contributed by atoms with Crippen LogP contribution in [0.15, 0.2) is 12.3 Å². The van der Waals surface area contributed by atoms with E-state index in [9.17, 15) is 9.59 Å². The summed E-state index contributed by atoms with van der Waals surface area (Å²) in [6, 6.07) is 1.66. The summed E-state index contributed by atoms with van der Waals surface area (Å²) in [6.45, 7) is 5.35. The highest BCUT2D eigenvalue weighted by Gasteiger charge is 2.18. The Labute approximate surface area is 99.8 Å². The number of ether oxygens (including phenoxy) is 1. The van der Waals surface area contributed by atoms with Gasteiger partial charge in [-0.25, -0.2) is 4.79 Å². The highest BCUT2D eigenvalue weighted by atomic mass is 16.6. The topological polar surface area (TPSA) is 61.2 Å². The average molecular weight is 234 g/mol. The Morgan fingerprint density at radius 3 is 2.88 bits per heavy atom. The molecule has 1 aromatic rings. The van der Waals surface area contributed by atoms with Crippen molar-refractivity contribution < 1.29 is 14.3 Å². The minimum Gasteiger partial charge on any atom is -0.442 e. The predicted octanol–water partition coefficient (Wildman–Crippen LogP) is 1.41. The second-order valence-corrected chi connectivity index (χ2v) is 4.35. The van der Waals surface area contributed by atoms with Crippen LogP contribution in [0.3, 0.4) is 0 Å². The lowest BCUT2D eigenvalue weighted by atomic mass is 10.2. The molecule has 0 aliphatic carbocycles. The Morgan fingerprint density at radius 1 is 1.59 bits per heavy atom. The van der Waals surface area contributed by atoms with Gasteiger partial charge in [0, 0.05) is 6.20 Å². The predicted molar refractivity (Wildman–Crippen MR) is 61.4 cm³/mol. The molecule has 1 aromatic heterocycles. The van der Waals surface area contributed by atoms with Gasteiger partial charge in [0.1, 0.15) is 5.60 Å². The van der Waals surface area contributed by atoms with Crippen LogP contribution in [0.5, 0.6) is 0 Å².